The molecule has 1 aliphatic rings. The second kappa shape index (κ2) is 5.49. The third-order valence-electron chi connectivity index (χ3n) is 3.87. The predicted octanol–water partition coefficient (Wildman–Crippen LogP) is 3.24. The monoisotopic (exact) mass is 262 g/mol. The van der Waals surface area contributed by atoms with Crippen molar-refractivity contribution in [3.05, 3.63) is 24.0 Å². The van der Waals surface area contributed by atoms with Crippen LogP contribution >= 0.6 is 0 Å². The molecule has 0 radical (unpaired) electrons. The molecule has 1 aliphatic carbocycles. The van der Waals surface area contributed by atoms with Crippen LogP contribution in [0.2, 0.25) is 0 Å². The zero-order chi connectivity index (χ0) is 14.0. The van der Waals surface area contributed by atoms with Crippen LogP contribution in [-0.4, -0.2) is 36.1 Å². The predicted molar refractivity (Wildman–Crippen MR) is 78.7 cm³/mol. The molecule has 2 rings (SSSR count). The van der Waals surface area contributed by atoms with Crippen LogP contribution in [0.3, 0.4) is 0 Å². The molecule has 0 N–H and O–H groups in total. The van der Waals surface area contributed by atoms with Crippen molar-refractivity contribution >= 4 is 0 Å². The molecule has 0 amide bonds. The van der Waals surface area contributed by atoms with Crippen LogP contribution in [0.5, 0.6) is 5.75 Å². The lowest BCUT2D eigenvalue weighted by atomic mass is 9.92. The first-order valence-corrected chi connectivity index (χ1v) is 7.17. The molecule has 0 bridgehead atoms. The average molecular weight is 262 g/mol. The van der Waals surface area contributed by atoms with Gasteiger partial charge in [0.05, 0.1) is 6.20 Å². The van der Waals surface area contributed by atoms with E-state index in [1.807, 2.05) is 6.20 Å². The van der Waals surface area contributed by atoms with Crippen LogP contribution in [-0.2, 0) is 5.41 Å². The van der Waals surface area contributed by atoms with Gasteiger partial charge in [-0.1, -0.05) is 20.8 Å². The van der Waals surface area contributed by atoms with E-state index in [1.165, 1.54) is 12.8 Å². The Morgan fingerprint density at radius 2 is 1.95 bits per heavy atom. The van der Waals surface area contributed by atoms with Crippen molar-refractivity contribution in [2.75, 3.05) is 14.1 Å². The minimum Gasteiger partial charge on any atom is -0.487 e. The maximum Gasteiger partial charge on any atom is 0.138 e. The van der Waals surface area contributed by atoms with Gasteiger partial charge < -0.3 is 9.64 Å². The first-order chi connectivity index (χ1) is 8.88. The molecule has 0 aromatic carbocycles. The topological polar surface area (TPSA) is 25.4 Å². The van der Waals surface area contributed by atoms with Crippen LogP contribution < -0.4 is 4.74 Å². The number of aromatic nitrogens is 1. The molecule has 0 spiro atoms. The fourth-order valence-electron chi connectivity index (χ4n) is 2.70. The minimum absolute atomic E-state index is 0.0953. The molecule has 1 aromatic heterocycles. The Morgan fingerprint density at radius 1 is 1.21 bits per heavy atom. The lowest BCUT2D eigenvalue weighted by Gasteiger charge is -2.27. The molecule has 3 heteroatoms. The van der Waals surface area contributed by atoms with E-state index >= 15 is 0 Å². The number of hydrogen-bond acceptors (Lipinski definition) is 3. The maximum absolute atomic E-state index is 6.11. The smallest absolute Gasteiger partial charge is 0.138 e. The molecular formula is C16H26N2O. The van der Waals surface area contributed by atoms with Crippen LogP contribution in [0.1, 0.15) is 45.7 Å². The molecule has 19 heavy (non-hydrogen) atoms. The Bertz CT molecular complexity index is 406. The lowest BCUT2D eigenvalue weighted by molar-refractivity contribution is 0.120. The van der Waals surface area contributed by atoms with Gasteiger partial charge >= 0.3 is 0 Å². The molecule has 1 saturated carbocycles. The first kappa shape index (κ1) is 14.3. The van der Waals surface area contributed by atoms with E-state index in [9.17, 15) is 0 Å². The largest absolute Gasteiger partial charge is 0.487 e. The van der Waals surface area contributed by atoms with Crippen molar-refractivity contribution in [2.24, 2.45) is 0 Å². The summed E-state index contributed by atoms with van der Waals surface area (Å²) in [6.07, 6.45) is 5.79. The highest BCUT2D eigenvalue weighted by Gasteiger charge is 2.30. The summed E-state index contributed by atoms with van der Waals surface area (Å²) >= 11 is 0. The third-order valence-corrected chi connectivity index (χ3v) is 3.87. The molecule has 106 valence electrons. The van der Waals surface area contributed by atoms with Gasteiger partial charge in [-0.2, -0.15) is 0 Å². The van der Waals surface area contributed by atoms with Gasteiger partial charge in [-0.05, 0) is 45.5 Å². The average Bonchev–Trinajstić information content (AvgIpc) is 2.77. The Balaban J connectivity index is 2.04. The van der Waals surface area contributed by atoms with Crippen molar-refractivity contribution in [1.82, 2.24) is 9.88 Å². The van der Waals surface area contributed by atoms with Crippen molar-refractivity contribution < 1.29 is 4.74 Å². The van der Waals surface area contributed by atoms with E-state index in [0.717, 1.165) is 17.9 Å². The summed E-state index contributed by atoms with van der Waals surface area (Å²) in [6, 6.07) is 4.66. The second-order valence-corrected chi connectivity index (χ2v) is 6.75. The maximum atomic E-state index is 6.11. The van der Waals surface area contributed by atoms with Crippen molar-refractivity contribution in [1.29, 1.82) is 0 Å². The van der Waals surface area contributed by atoms with Gasteiger partial charge in [0.1, 0.15) is 11.9 Å². The standard InChI is InChI=1S/C16H26N2O/c1-16(2,3)15-10-9-12(11-17-15)19-14-8-6-7-13(14)18(4)5/h9-11,13-14H,6-8H2,1-5H3/t13-,14-/m1/s1. The normalized spacial score (nSPS) is 23.9. The number of pyridine rings is 1. The second-order valence-electron chi connectivity index (χ2n) is 6.75. The van der Waals surface area contributed by atoms with Gasteiger partial charge in [0.25, 0.3) is 0 Å². The molecule has 1 heterocycles. The Kier molecular flexibility index (Phi) is 4.14. The number of nitrogens with zero attached hydrogens (tertiary/aromatic N) is 2. The van der Waals surface area contributed by atoms with Crippen LogP contribution in [0, 0.1) is 0 Å². The Labute approximate surface area is 117 Å². The third kappa shape index (κ3) is 3.47. The summed E-state index contributed by atoms with van der Waals surface area (Å²) in [4.78, 5) is 6.80. The molecule has 1 aromatic rings. The summed E-state index contributed by atoms with van der Waals surface area (Å²) in [7, 11) is 4.26. The quantitative estimate of drug-likeness (QED) is 0.836. The Morgan fingerprint density at radius 3 is 2.47 bits per heavy atom. The fraction of sp³-hybridized carbons (Fsp3) is 0.688. The molecule has 1 fully saturated rings. The summed E-state index contributed by atoms with van der Waals surface area (Å²) in [5.41, 5.74) is 1.20. The van der Waals surface area contributed by atoms with E-state index in [-0.39, 0.29) is 5.41 Å². The number of ether oxygens (including phenoxy) is 1. The lowest BCUT2D eigenvalue weighted by Crippen LogP contribution is -2.38. The molecule has 3 nitrogen and oxygen atoms in total. The van der Waals surface area contributed by atoms with E-state index in [2.05, 4.69) is 56.9 Å². The summed E-state index contributed by atoms with van der Waals surface area (Å²) in [6.45, 7) is 6.53. The summed E-state index contributed by atoms with van der Waals surface area (Å²) in [5.74, 6) is 0.895. The zero-order valence-electron chi connectivity index (χ0n) is 12.8. The van der Waals surface area contributed by atoms with Gasteiger partial charge in [0.2, 0.25) is 0 Å². The zero-order valence-corrected chi connectivity index (χ0v) is 12.8. The van der Waals surface area contributed by atoms with Crippen molar-refractivity contribution in [3.63, 3.8) is 0 Å². The van der Waals surface area contributed by atoms with Crippen molar-refractivity contribution in [2.45, 2.75) is 57.6 Å². The fourth-order valence-corrected chi connectivity index (χ4v) is 2.70. The summed E-state index contributed by atoms with van der Waals surface area (Å²) < 4.78 is 6.11. The highest BCUT2D eigenvalue weighted by Crippen LogP contribution is 2.28. The number of hydrogen-bond donors (Lipinski definition) is 0. The molecular weight excluding hydrogens is 236 g/mol. The molecule has 0 saturated heterocycles. The van der Waals surface area contributed by atoms with E-state index < -0.39 is 0 Å². The highest BCUT2D eigenvalue weighted by atomic mass is 16.5. The SMILES string of the molecule is CN(C)[C@@H]1CCC[C@H]1Oc1ccc(C(C)(C)C)nc1. The van der Waals surface area contributed by atoms with E-state index in [1.54, 1.807) is 0 Å². The van der Waals surface area contributed by atoms with Gasteiger partial charge in [0, 0.05) is 17.2 Å². The molecule has 0 aliphatic heterocycles. The van der Waals surface area contributed by atoms with Gasteiger partial charge in [-0.15, -0.1) is 0 Å². The van der Waals surface area contributed by atoms with Crippen LogP contribution in [0.15, 0.2) is 18.3 Å². The number of rotatable bonds is 3. The Hall–Kier alpha value is -1.09. The highest BCUT2D eigenvalue weighted by molar-refractivity contribution is 5.23. The van der Waals surface area contributed by atoms with E-state index in [0.29, 0.717) is 12.1 Å². The number of likely N-dealkylation sites (N-methyl/N-ethyl adjacent to an activating group) is 1. The molecule has 0 unspecified atom stereocenters. The van der Waals surface area contributed by atoms with Crippen molar-refractivity contribution in [3.8, 4) is 5.75 Å². The van der Waals surface area contributed by atoms with Gasteiger partial charge in [0.15, 0.2) is 0 Å². The van der Waals surface area contributed by atoms with E-state index in [4.69, 9.17) is 4.74 Å². The molecule has 2 atom stereocenters. The summed E-state index contributed by atoms with van der Waals surface area (Å²) in [5, 5.41) is 0. The van der Waals surface area contributed by atoms with Crippen LogP contribution in [0.25, 0.3) is 0 Å². The van der Waals surface area contributed by atoms with Crippen LogP contribution in [0.4, 0.5) is 0 Å². The first-order valence-electron chi connectivity index (χ1n) is 7.17. The van der Waals surface area contributed by atoms with Gasteiger partial charge in [-0.3, -0.25) is 4.98 Å². The minimum atomic E-state index is 0.0953. The van der Waals surface area contributed by atoms with Gasteiger partial charge in [-0.25, -0.2) is 0 Å².